The molecule has 2 aromatic carbocycles. The molecule has 0 spiro atoms. The molecule has 1 unspecified atom stereocenters. The summed E-state index contributed by atoms with van der Waals surface area (Å²) in [7, 11) is 0. The molecule has 3 aromatic rings. The first kappa shape index (κ1) is 21.7. The molecule has 166 valence electrons. The van der Waals surface area contributed by atoms with Gasteiger partial charge < -0.3 is 14.8 Å². The Morgan fingerprint density at radius 3 is 2.75 bits per heavy atom. The summed E-state index contributed by atoms with van der Waals surface area (Å²) in [5.41, 5.74) is 2.35. The van der Waals surface area contributed by atoms with Gasteiger partial charge in [-0.3, -0.25) is 9.59 Å². The second-order valence-corrected chi connectivity index (χ2v) is 8.20. The zero-order valence-electron chi connectivity index (χ0n) is 17.9. The summed E-state index contributed by atoms with van der Waals surface area (Å²) in [4.78, 5) is 31.3. The lowest BCUT2D eigenvalue weighted by atomic mass is 9.93. The Labute approximate surface area is 187 Å². The number of piperidine rings is 1. The van der Waals surface area contributed by atoms with Crippen molar-refractivity contribution >= 4 is 11.8 Å². The van der Waals surface area contributed by atoms with E-state index in [0.29, 0.717) is 38.2 Å². The SMILES string of the molecule is O=C(CC1CCCN(C(=O)c2cccc(-c3ccc(F)cc3)c2)C1)NCCn1ccnc1. The summed E-state index contributed by atoms with van der Waals surface area (Å²) in [6.07, 6.45) is 7.54. The van der Waals surface area contributed by atoms with Gasteiger partial charge >= 0.3 is 0 Å². The Morgan fingerprint density at radius 2 is 1.97 bits per heavy atom. The number of hydrogen-bond donors (Lipinski definition) is 1. The zero-order chi connectivity index (χ0) is 22.3. The molecule has 1 aliphatic heterocycles. The molecule has 7 heteroatoms. The summed E-state index contributed by atoms with van der Waals surface area (Å²) in [6.45, 7) is 2.51. The summed E-state index contributed by atoms with van der Waals surface area (Å²) >= 11 is 0. The lowest BCUT2D eigenvalue weighted by molar-refractivity contribution is -0.122. The van der Waals surface area contributed by atoms with Crippen LogP contribution in [-0.4, -0.2) is 45.9 Å². The van der Waals surface area contributed by atoms with Crippen LogP contribution in [0.2, 0.25) is 0 Å². The van der Waals surface area contributed by atoms with Crippen LogP contribution in [0.15, 0.2) is 67.3 Å². The van der Waals surface area contributed by atoms with Gasteiger partial charge in [-0.15, -0.1) is 0 Å². The van der Waals surface area contributed by atoms with Crippen molar-refractivity contribution in [3.8, 4) is 11.1 Å². The molecule has 0 bridgehead atoms. The van der Waals surface area contributed by atoms with Gasteiger partial charge in [0.25, 0.3) is 5.91 Å². The van der Waals surface area contributed by atoms with Crippen LogP contribution < -0.4 is 5.32 Å². The van der Waals surface area contributed by atoms with E-state index in [1.165, 1.54) is 12.1 Å². The number of hydrogen-bond acceptors (Lipinski definition) is 3. The average Bonchev–Trinajstić information content (AvgIpc) is 3.33. The number of aromatic nitrogens is 2. The third kappa shape index (κ3) is 5.60. The number of halogens is 1. The Morgan fingerprint density at radius 1 is 1.12 bits per heavy atom. The van der Waals surface area contributed by atoms with Gasteiger partial charge in [0.05, 0.1) is 6.33 Å². The highest BCUT2D eigenvalue weighted by Crippen LogP contribution is 2.24. The number of carbonyl (C=O) groups is 2. The Bertz CT molecular complexity index is 1050. The largest absolute Gasteiger partial charge is 0.354 e. The van der Waals surface area contributed by atoms with Gasteiger partial charge in [-0.05, 0) is 54.2 Å². The van der Waals surface area contributed by atoms with E-state index in [4.69, 9.17) is 0 Å². The summed E-state index contributed by atoms with van der Waals surface area (Å²) in [5, 5.41) is 2.96. The van der Waals surface area contributed by atoms with Gasteiger partial charge in [0.15, 0.2) is 0 Å². The molecular formula is C25H27FN4O2. The maximum absolute atomic E-state index is 13.2. The molecule has 1 saturated heterocycles. The maximum Gasteiger partial charge on any atom is 0.253 e. The summed E-state index contributed by atoms with van der Waals surface area (Å²) in [5.74, 6) is -0.144. The van der Waals surface area contributed by atoms with E-state index < -0.39 is 0 Å². The maximum atomic E-state index is 13.2. The monoisotopic (exact) mass is 434 g/mol. The van der Waals surface area contributed by atoms with Crippen LogP contribution in [0.1, 0.15) is 29.6 Å². The van der Waals surface area contributed by atoms with Gasteiger partial charge in [0.2, 0.25) is 5.91 Å². The van der Waals surface area contributed by atoms with Gasteiger partial charge in [0, 0.05) is 50.6 Å². The Balaban J connectivity index is 1.32. The number of likely N-dealkylation sites (tertiary alicyclic amines) is 1. The lowest BCUT2D eigenvalue weighted by Gasteiger charge is -2.32. The van der Waals surface area contributed by atoms with E-state index in [-0.39, 0.29) is 23.5 Å². The average molecular weight is 435 g/mol. The van der Waals surface area contributed by atoms with E-state index >= 15 is 0 Å². The minimum absolute atomic E-state index is 0.0164. The number of imidazole rings is 1. The molecule has 1 fully saturated rings. The molecule has 1 atom stereocenters. The minimum Gasteiger partial charge on any atom is -0.354 e. The molecule has 4 rings (SSSR count). The van der Waals surface area contributed by atoms with Crippen LogP contribution in [-0.2, 0) is 11.3 Å². The van der Waals surface area contributed by atoms with Crippen molar-refractivity contribution in [2.24, 2.45) is 5.92 Å². The lowest BCUT2D eigenvalue weighted by Crippen LogP contribution is -2.41. The van der Waals surface area contributed by atoms with Crippen molar-refractivity contribution in [3.63, 3.8) is 0 Å². The first-order valence-corrected chi connectivity index (χ1v) is 11.0. The van der Waals surface area contributed by atoms with Crippen LogP contribution in [0.5, 0.6) is 0 Å². The van der Waals surface area contributed by atoms with Crippen LogP contribution >= 0.6 is 0 Å². The van der Waals surface area contributed by atoms with Crippen molar-refractivity contribution in [2.45, 2.75) is 25.8 Å². The zero-order valence-corrected chi connectivity index (χ0v) is 17.9. The van der Waals surface area contributed by atoms with Gasteiger partial charge in [-0.25, -0.2) is 9.37 Å². The van der Waals surface area contributed by atoms with Crippen LogP contribution in [0.25, 0.3) is 11.1 Å². The van der Waals surface area contributed by atoms with Gasteiger partial charge in [-0.2, -0.15) is 0 Å². The van der Waals surface area contributed by atoms with E-state index in [1.807, 2.05) is 39.9 Å². The molecule has 1 aliphatic rings. The quantitative estimate of drug-likeness (QED) is 0.616. The fourth-order valence-corrected chi connectivity index (χ4v) is 4.15. The van der Waals surface area contributed by atoms with E-state index in [1.54, 1.807) is 24.7 Å². The topological polar surface area (TPSA) is 67.2 Å². The third-order valence-electron chi connectivity index (χ3n) is 5.82. The second kappa shape index (κ2) is 10.2. The van der Waals surface area contributed by atoms with Crippen molar-refractivity contribution in [2.75, 3.05) is 19.6 Å². The number of carbonyl (C=O) groups excluding carboxylic acids is 2. The van der Waals surface area contributed by atoms with Crippen molar-refractivity contribution in [1.29, 1.82) is 0 Å². The first-order chi connectivity index (χ1) is 15.6. The fourth-order valence-electron chi connectivity index (χ4n) is 4.15. The molecule has 32 heavy (non-hydrogen) atoms. The van der Waals surface area contributed by atoms with Gasteiger partial charge in [0.1, 0.15) is 5.82 Å². The van der Waals surface area contributed by atoms with Crippen LogP contribution in [0, 0.1) is 11.7 Å². The van der Waals surface area contributed by atoms with Crippen LogP contribution in [0.4, 0.5) is 4.39 Å². The van der Waals surface area contributed by atoms with E-state index in [2.05, 4.69) is 10.3 Å². The highest BCUT2D eigenvalue weighted by molar-refractivity contribution is 5.95. The second-order valence-electron chi connectivity index (χ2n) is 8.20. The number of benzene rings is 2. The Hall–Kier alpha value is -3.48. The highest BCUT2D eigenvalue weighted by Gasteiger charge is 2.26. The molecule has 2 amide bonds. The van der Waals surface area contributed by atoms with Gasteiger partial charge in [-0.1, -0.05) is 24.3 Å². The highest BCUT2D eigenvalue weighted by atomic mass is 19.1. The molecular weight excluding hydrogens is 407 g/mol. The number of nitrogens with one attached hydrogen (secondary N) is 1. The molecule has 6 nitrogen and oxygen atoms in total. The smallest absolute Gasteiger partial charge is 0.253 e. The predicted molar refractivity (Wildman–Crippen MR) is 120 cm³/mol. The number of nitrogens with zero attached hydrogens (tertiary/aromatic N) is 3. The van der Waals surface area contributed by atoms with Crippen molar-refractivity contribution in [1.82, 2.24) is 19.8 Å². The van der Waals surface area contributed by atoms with E-state index in [0.717, 1.165) is 24.0 Å². The third-order valence-corrected chi connectivity index (χ3v) is 5.82. The standard InChI is InChI=1S/C25H27FN4O2/c26-23-8-6-20(7-9-23)21-4-1-5-22(16-21)25(32)30-12-2-3-19(17-30)15-24(31)28-11-14-29-13-10-27-18-29/h1,4-10,13,16,18-19H,2-3,11-12,14-15,17H2,(H,28,31). The molecule has 1 N–H and O–H groups in total. The van der Waals surface area contributed by atoms with E-state index in [9.17, 15) is 14.0 Å². The normalized spacial score (nSPS) is 16.0. The number of amides is 2. The molecule has 2 heterocycles. The van der Waals surface area contributed by atoms with Crippen molar-refractivity contribution in [3.05, 3.63) is 78.6 Å². The minimum atomic E-state index is -0.286. The van der Waals surface area contributed by atoms with Crippen LogP contribution in [0.3, 0.4) is 0 Å². The Kier molecular flexibility index (Phi) is 6.94. The summed E-state index contributed by atoms with van der Waals surface area (Å²) < 4.78 is 15.1. The predicted octanol–water partition coefficient (Wildman–Crippen LogP) is 3.75. The molecule has 1 aromatic heterocycles. The van der Waals surface area contributed by atoms with Crippen molar-refractivity contribution < 1.29 is 14.0 Å². The first-order valence-electron chi connectivity index (χ1n) is 11.0. The molecule has 0 saturated carbocycles. The fraction of sp³-hybridized carbons (Fsp3) is 0.320. The summed E-state index contributed by atoms with van der Waals surface area (Å²) in [6, 6.07) is 13.7. The molecule has 0 radical (unpaired) electrons. The number of rotatable bonds is 7. The molecule has 0 aliphatic carbocycles.